The number of pyridine rings is 1. The Kier molecular flexibility index (Phi) is 5.52. The lowest BCUT2D eigenvalue weighted by Crippen LogP contribution is -2.53. The van der Waals surface area contributed by atoms with Crippen molar-refractivity contribution in [2.24, 2.45) is 0 Å². The second kappa shape index (κ2) is 7.59. The third-order valence-corrected chi connectivity index (χ3v) is 5.14. The van der Waals surface area contributed by atoms with E-state index in [1.54, 1.807) is 0 Å². The summed E-state index contributed by atoms with van der Waals surface area (Å²) >= 11 is 6.25. The molecule has 2 saturated heterocycles. The van der Waals surface area contributed by atoms with Crippen molar-refractivity contribution in [1.29, 1.82) is 0 Å². The fourth-order valence-corrected chi connectivity index (χ4v) is 3.79. The highest BCUT2D eigenvalue weighted by Crippen LogP contribution is 2.27. The first-order chi connectivity index (χ1) is 10.8. The molecule has 2 fully saturated rings. The number of β-amino-alcohol motifs (C(OH)–C–C–N with tert-alkyl or cyclic N) is 1. The van der Waals surface area contributed by atoms with Gasteiger partial charge in [0, 0.05) is 58.1 Å². The lowest BCUT2D eigenvalue weighted by atomic mass is 10.0. The smallest absolute Gasteiger partial charge is 0.147 e. The predicted octanol–water partition coefficient (Wildman–Crippen LogP) is 1.31. The molecule has 0 unspecified atom stereocenters. The third-order valence-electron chi connectivity index (χ3n) is 4.84. The molecule has 2 aliphatic heterocycles. The highest BCUT2D eigenvalue weighted by molar-refractivity contribution is 6.32. The van der Waals surface area contributed by atoms with Crippen LogP contribution in [-0.2, 0) is 0 Å². The monoisotopic (exact) mass is 324 g/mol. The van der Waals surface area contributed by atoms with Crippen LogP contribution in [0.25, 0.3) is 0 Å². The van der Waals surface area contributed by atoms with Crippen molar-refractivity contribution in [2.45, 2.75) is 18.9 Å². The molecule has 0 spiro atoms. The number of hydrogen-bond donors (Lipinski definition) is 1. The van der Waals surface area contributed by atoms with E-state index in [1.807, 2.05) is 18.3 Å². The summed E-state index contributed by atoms with van der Waals surface area (Å²) in [7, 11) is 0. The van der Waals surface area contributed by atoms with Gasteiger partial charge in [-0.1, -0.05) is 11.6 Å². The van der Waals surface area contributed by atoms with Crippen LogP contribution in [-0.4, -0.2) is 78.4 Å². The minimum atomic E-state index is 0.267. The average molecular weight is 325 g/mol. The minimum absolute atomic E-state index is 0.267. The summed E-state index contributed by atoms with van der Waals surface area (Å²) in [5, 5.41) is 9.76. The van der Waals surface area contributed by atoms with Crippen molar-refractivity contribution in [3.8, 4) is 0 Å². The summed E-state index contributed by atoms with van der Waals surface area (Å²) in [5.74, 6) is 0.926. The summed E-state index contributed by atoms with van der Waals surface area (Å²) < 4.78 is 0. The fourth-order valence-electron chi connectivity index (χ4n) is 3.55. The molecular formula is C16H25ClN4O. The van der Waals surface area contributed by atoms with Crippen molar-refractivity contribution in [1.82, 2.24) is 14.8 Å². The number of aliphatic hydroxyl groups excluding tert-OH is 1. The van der Waals surface area contributed by atoms with Gasteiger partial charge >= 0.3 is 0 Å². The number of nitrogens with zero attached hydrogens (tertiary/aromatic N) is 4. The van der Waals surface area contributed by atoms with Crippen LogP contribution in [0.15, 0.2) is 18.3 Å². The second-order valence-electron chi connectivity index (χ2n) is 6.13. The Morgan fingerprint density at radius 1 is 1.14 bits per heavy atom. The molecule has 0 atom stereocenters. The molecule has 1 aromatic rings. The van der Waals surface area contributed by atoms with Gasteiger partial charge in [-0.05, 0) is 25.0 Å². The number of piperidine rings is 1. The van der Waals surface area contributed by atoms with Crippen LogP contribution in [0.1, 0.15) is 12.8 Å². The molecule has 0 aromatic carbocycles. The second-order valence-corrected chi connectivity index (χ2v) is 6.54. The van der Waals surface area contributed by atoms with Crippen LogP contribution in [0.5, 0.6) is 0 Å². The molecule has 3 heterocycles. The van der Waals surface area contributed by atoms with Gasteiger partial charge in [0.15, 0.2) is 0 Å². The molecule has 6 heteroatoms. The van der Waals surface area contributed by atoms with E-state index in [0.29, 0.717) is 6.04 Å². The molecule has 1 aromatic heterocycles. The summed E-state index contributed by atoms with van der Waals surface area (Å²) in [6.45, 7) is 7.52. The fraction of sp³-hybridized carbons (Fsp3) is 0.688. The summed E-state index contributed by atoms with van der Waals surface area (Å²) in [5.41, 5.74) is 0. The standard InChI is InChI=1S/C16H25ClN4O/c17-15-2-1-5-18-16(15)21-6-3-14(4-7-21)20-10-8-19(9-11-20)12-13-22/h1-2,5,14,22H,3-4,6-13H2. The molecule has 3 rings (SSSR count). The molecule has 0 aliphatic carbocycles. The van der Waals surface area contributed by atoms with E-state index in [0.717, 1.165) is 56.7 Å². The summed E-state index contributed by atoms with van der Waals surface area (Å²) in [6, 6.07) is 4.47. The first-order valence-corrected chi connectivity index (χ1v) is 8.58. The van der Waals surface area contributed by atoms with E-state index < -0.39 is 0 Å². The molecule has 5 nitrogen and oxygen atoms in total. The van der Waals surface area contributed by atoms with Crippen LogP contribution in [0.3, 0.4) is 0 Å². The zero-order valence-electron chi connectivity index (χ0n) is 13.0. The van der Waals surface area contributed by atoms with E-state index in [-0.39, 0.29) is 6.61 Å². The highest BCUT2D eigenvalue weighted by Gasteiger charge is 2.28. The van der Waals surface area contributed by atoms with Crippen LogP contribution in [0, 0.1) is 0 Å². The number of piperazine rings is 1. The maximum absolute atomic E-state index is 9.02. The molecule has 2 aliphatic rings. The van der Waals surface area contributed by atoms with Crippen molar-refractivity contribution in [2.75, 3.05) is 57.3 Å². The number of rotatable bonds is 4. The zero-order valence-corrected chi connectivity index (χ0v) is 13.8. The third kappa shape index (κ3) is 3.71. The van der Waals surface area contributed by atoms with E-state index in [1.165, 1.54) is 12.8 Å². The van der Waals surface area contributed by atoms with E-state index >= 15 is 0 Å². The Morgan fingerprint density at radius 2 is 1.86 bits per heavy atom. The maximum Gasteiger partial charge on any atom is 0.147 e. The van der Waals surface area contributed by atoms with Gasteiger partial charge in [-0.15, -0.1) is 0 Å². The number of hydrogen-bond acceptors (Lipinski definition) is 5. The molecular weight excluding hydrogens is 300 g/mol. The first-order valence-electron chi connectivity index (χ1n) is 8.20. The lowest BCUT2D eigenvalue weighted by molar-refractivity contribution is 0.0746. The quantitative estimate of drug-likeness (QED) is 0.904. The Bertz CT molecular complexity index is 471. The SMILES string of the molecule is OCCN1CCN(C2CCN(c3ncccc3Cl)CC2)CC1. The van der Waals surface area contributed by atoms with Crippen LogP contribution in [0.4, 0.5) is 5.82 Å². The van der Waals surface area contributed by atoms with Gasteiger partial charge in [-0.2, -0.15) is 0 Å². The Morgan fingerprint density at radius 3 is 2.50 bits per heavy atom. The van der Waals surface area contributed by atoms with Gasteiger partial charge in [0.05, 0.1) is 11.6 Å². The van der Waals surface area contributed by atoms with Crippen LogP contribution in [0.2, 0.25) is 5.02 Å². The normalized spacial score (nSPS) is 22.2. The minimum Gasteiger partial charge on any atom is -0.395 e. The van der Waals surface area contributed by atoms with Gasteiger partial charge in [0.1, 0.15) is 5.82 Å². The van der Waals surface area contributed by atoms with Crippen molar-refractivity contribution in [3.63, 3.8) is 0 Å². The number of anilines is 1. The highest BCUT2D eigenvalue weighted by atomic mass is 35.5. The first kappa shape index (κ1) is 16.0. The maximum atomic E-state index is 9.02. The molecule has 22 heavy (non-hydrogen) atoms. The van der Waals surface area contributed by atoms with Gasteiger partial charge in [-0.3, -0.25) is 9.80 Å². The van der Waals surface area contributed by atoms with Crippen LogP contribution >= 0.6 is 11.6 Å². The molecule has 0 saturated carbocycles. The molecule has 122 valence electrons. The number of halogens is 1. The predicted molar refractivity (Wildman–Crippen MR) is 89.6 cm³/mol. The Labute approximate surface area is 137 Å². The summed E-state index contributed by atoms with van der Waals surface area (Å²) in [6.07, 6.45) is 4.16. The van der Waals surface area contributed by atoms with Crippen molar-refractivity contribution in [3.05, 3.63) is 23.4 Å². The largest absolute Gasteiger partial charge is 0.395 e. The van der Waals surface area contributed by atoms with Crippen LogP contribution < -0.4 is 4.90 Å². The van der Waals surface area contributed by atoms with Gasteiger partial charge in [0.2, 0.25) is 0 Å². The number of aromatic nitrogens is 1. The topological polar surface area (TPSA) is 42.8 Å². The molecule has 1 N–H and O–H groups in total. The number of aliphatic hydroxyl groups is 1. The Balaban J connectivity index is 1.49. The molecule has 0 amide bonds. The van der Waals surface area contributed by atoms with Gasteiger partial charge in [-0.25, -0.2) is 4.98 Å². The summed E-state index contributed by atoms with van der Waals surface area (Å²) in [4.78, 5) is 11.7. The zero-order chi connectivity index (χ0) is 15.4. The lowest BCUT2D eigenvalue weighted by Gasteiger charge is -2.43. The molecule has 0 bridgehead atoms. The average Bonchev–Trinajstić information content (AvgIpc) is 2.57. The van der Waals surface area contributed by atoms with E-state index in [2.05, 4.69) is 19.7 Å². The van der Waals surface area contributed by atoms with Gasteiger partial charge in [0.25, 0.3) is 0 Å². The van der Waals surface area contributed by atoms with Gasteiger partial charge < -0.3 is 10.0 Å². The van der Waals surface area contributed by atoms with E-state index in [4.69, 9.17) is 16.7 Å². The Hall–Kier alpha value is -0.880. The van der Waals surface area contributed by atoms with E-state index in [9.17, 15) is 0 Å². The van der Waals surface area contributed by atoms with Crippen molar-refractivity contribution >= 4 is 17.4 Å². The molecule has 0 radical (unpaired) electrons. The van der Waals surface area contributed by atoms with Crippen molar-refractivity contribution < 1.29 is 5.11 Å².